The van der Waals surface area contributed by atoms with Gasteiger partial charge in [0, 0.05) is 36.7 Å². The fourth-order valence-electron chi connectivity index (χ4n) is 3.86. The topological polar surface area (TPSA) is 97.4 Å². The summed E-state index contributed by atoms with van der Waals surface area (Å²) in [5.74, 6) is 0.311. The Labute approximate surface area is 195 Å². The van der Waals surface area contributed by atoms with Gasteiger partial charge in [-0.25, -0.2) is 14.4 Å². The van der Waals surface area contributed by atoms with Crippen molar-refractivity contribution in [1.29, 1.82) is 0 Å². The molecule has 1 saturated heterocycles. The highest BCUT2D eigenvalue weighted by Gasteiger charge is 2.29. The van der Waals surface area contributed by atoms with E-state index in [-0.39, 0.29) is 35.3 Å². The number of halogens is 2. The number of amides is 1. The number of hydrogen-bond donors (Lipinski definition) is 3. The van der Waals surface area contributed by atoms with Crippen LogP contribution in [0.2, 0.25) is 5.02 Å². The summed E-state index contributed by atoms with van der Waals surface area (Å²) in [5, 5.41) is 9.79. The van der Waals surface area contributed by atoms with Crippen LogP contribution in [0.15, 0.2) is 36.7 Å². The van der Waals surface area contributed by atoms with E-state index in [0.29, 0.717) is 42.0 Å². The second kappa shape index (κ2) is 10.3. The van der Waals surface area contributed by atoms with Crippen molar-refractivity contribution in [2.24, 2.45) is 0 Å². The first-order valence-corrected chi connectivity index (χ1v) is 11.0. The van der Waals surface area contributed by atoms with Gasteiger partial charge < -0.3 is 25.4 Å². The van der Waals surface area contributed by atoms with Crippen molar-refractivity contribution in [1.82, 2.24) is 20.6 Å². The average Bonchev–Trinajstić information content (AvgIpc) is 3.29. The van der Waals surface area contributed by atoms with E-state index in [1.165, 1.54) is 12.4 Å². The highest BCUT2D eigenvalue weighted by Crippen LogP contribution is 2.31. The van der Waals surface area contributed by atoms with Gasteiger partial charge in [-0.1, -0.05) is 17.7 Å². The van der Waals surface area contributed by atoms with E-state index in [1.807, 2.05) is 13.0 Å². The van der Waals surface area contributed by atoms with Crippen LogP contribution < -0.4 is 20.7 Å². The van der Waals surface area contributed by atoms with Crippen LogP contribution in [-0.4, -0.2) is 48.3 Å². The SMILES string of the molecule is CCO[C@H]1CN[C@@H](C(=O)NCc2cc3c(Nc4cccc(Cl)c4F)ncnc3cc2OC)C1. The molecule has 33 heavy (non-hydrogen) atoms. The Morgan fingerprint density at radius 1 is 1.33 bits per heavy atom. The van der Waals surface area contributed by atoms with Crippen molar-refractivity contribution < 1.29 is 18.7 Å². The van der Waals surface area contributed by atoms with Crippen LogP contribution in [0.25, 0.3) is 10.9 Å². The molecule has 2 atom stereocenters. The van der Waals surface area contributed by atoms with Crippen molar-refractivity contribution in [2.45, 2.75) is 32.0 Å². The van der Waals surface area contributed by atoms with Gasteiger partial charge in [0.1, 0.15) is 17.9 Å². The Bertz CT molecular complexity index is 1160. The van der Waals surface area contributed by atoms with Crippen LogP contribution in [0, 0.1) is 5.82 Å². The Balaban J connectivity index is 1.56. The van der Waals surface area contributed by atoms with E-state index in [4.69, 9.17) is 21.1 Å². The first kappa shape index (κ1) is 23.2. The third-order valence-electron chi connectivity index (χ3n) is 5.50. The molecular weight excluding hydrogens is 449 g/mol. The average molecular weight is 474 g/mol. The molecule has 0 unspecified atom stereocenters. The molecule has 1 aromatic heterocycles. The molecule has 0 bridgehead atoms. The predicted molar refractivity (Wildman–Crippen MR) is 124 cm³/mol. The number of methoxy groups -OCH3 is 1. The minimum absolute atomic E-state index is 0.00975. The fourth-order valence-corrected chi connectivity index (χ4v) is 4.03. The molecule has 10 heteroatoms. The first-order chi connectivity index (χ1) is 16.0. The maximum atomic E-state index is 14.4. The maximum Gasteiger partial charge on any atom is 0.237 e. The van der Waals surface area contributed by atoms with Crippen LogP contribution in [0.5, 0.6) is 5.75 Å². The maximum absolute atomic E-state index is 14.4. The molecule has 1 fully saturated rings. The second-order valence-electron chi connectivity index (χ2n) is 7.62. The van der Waals surface area contributed by atoms with Gasteiger partial charge in [0.05, 0.1) is 35.5 Å². The van der Waals surface area contributed by atoms with Gasteiger partial charge in [0.15, 0.2) is 5.82 Å². The van der Waals surface area contributed by atoms with Crippen LogP contribution in [0.4, 0.5) is 15.9 Å². The molecule has 8 nitrogen and oxygen atoms in total. The van der Waals surface area contributed by atoms with E-state index >= 15 is 0 Å². The molecule has 4 rings (SSSR count). The van der Waals surface area contributed by atoms with Gasteiger partial charge in [-0.15, -0.1) is 0 Å². The normalized spacial score (nSPS) is 17.8. The lowest BCUT2D eigenvalue weighted by Gasteiger charge is -2.15. The number of benzene rings is 2. The molecule has 0 radical (unpaired) electrons. The van der Waals surface area contributed by atoms with Crippen molar-refractivity contribution in [3.8, 4) is 5.75 Å². The van der Waals surface area contributed by atoms with Crippen LogP contribution in [-0.2, 0) is 16.1 Å². The van der Waals surface area contributed by atoms with E-state index < -0.39 is 5.82 Å². The second-order valence-corrected chi connectivity index (χ2v) is 8.03. The largest absolute Gasteiger partial charge is 0.496 e. The van der Waals surface area contributed by atoms with E-state index in [9.17, 15) is 9.18 Å². The quantitative estimate of drug-likeness (QED) is 0.460. The Morgan fingerprint density at radius 3 is 2.97 bits per heavy atom. The molecule has 1 aliphatic heterocycles. The van der Waals surface area contributed by atoms with Gasteiger partial charge in [-0.3, -0.25) is 4.79 Å². The number of ether oxygens (including phenoxy) is 2. The van der Waals surface area contributed by atoms with E-state index in [1.54, 1.807) is 25.3 Å². The lowest BCUT2D eigenvalue weighted by atomic mass is 10.1. The molecule has 0 saturated carbocycles. The lowest BCUT2D eigenvalue weighted by Crippen LogP contribution is -2.40. The number of nitrogens with one attached hydrogen (secondary N) is 3. The van der Waals surface area contributed by atoms with E-state index in [2.05, 4.69) is 25.9 Å². The minimum atomic E-state index is -0.568. The Morgan fingerprint density at radius 2 is 2.18 bits per heavy atom. The van der Waals surface area contributed by atoms with Gasteiger partial charge in [0.2, 0.25) is 5.91 Å². The molecule has 2 aromatic carbocycles. The number of carbonyl (C=O) groups is 1. The Hall–Kier alpha value is -3.01. The molecule has 0 spiro atoms. The summed E-state index contributed by atoms with van der Waals surface area (Å²) in [6.07, 6.45) is 2.05. The van der Waals surface area contributed by atoms with Gasteiger partial charge in [-0.2, -0.15) is 0 Å². The van der Waals surface area contributed by atoms with Crippen LogP contribution >= 0.6 is 11.6 Å². The van der Waals surface area contributed by atoms with Gasteiger partial charge >= 0.3 is 0 Å². The lowest BCUT2D eigenvalue weighted by molar-refractivity contribution is -0.123. The number of anilines is 2. The third kappa shape index (κ3) is 5.16. The zero-order chi connectivity index (χ0) is 23.4. The van der Waals surface area contributed by atoms with Crippen molar-refractivity contribution in [3.05, 3.63) is 53.1 Å². The molecule has 0 aliphatic carbocycles. The zero-order valence-corrected chi connectivity index (χ0v) is 19.1. The summed E-state index contributed by atoms with van der Waals surface area (Å²) in [7, 11) is 1.55. The van der Waals surface area contributed by atoms with Crippen molar-refractivity contribution >= 4 is 39.9 Å². The monoisotopic (exact) mass is 473 g/mol. The molecule has 2 heterocycles. The summed E-state index contributed by atoms with van der Waals surface area (Å²) in [6.45, 7) is 3.45. The highest BCUT2D eigenvalue weighted by molar-refractivity contribution is 6.31. The number of fused-ring (bicyclic) bond motifs is 1. The summed E-state index contributed by atoms with van der Waals surface area (Å²) in [4.78, 5) is 21.2. The zero-order valence-electron chi connectivity index (χ0n) is 18.3. The predicted octanol–water partition coefficient (Wildman–Crippen LogP) is 3.56. The number of aromatic nitrogens is 2. The fraction of sp³-hybridized carbons (Fsp3) is 0.348. The molecule has 1 amide bonds. The number of nitrogens with zero attached hydrogens (tertiary/aromatic N) is 2. The number of hydrogen-bond acceptors (Lipinski definition) is 7. The van der Waals surface area contributed by atoms with Crippen LogP contribution in [0.1, 0.15) is 18.9 Å². The number of carbonyl (C=O) groups excluding carboxylic acids is 1. The molecule has 174 valence electrons. The van der Waals surface area contributed by atoms with Gasteiger partial charge in [-0.05, 0) is 31.5 Å². The smallest absolute Gasteiger partial charge is 0.237 e. The summed E-state index contributed by atoms with van der Waals surface area (Å²) >= 11 is 5.90. The van der Waals surface area contributed by atoms with Crippen molar-refractivity contribution in [2.75, 3.05) is 25.6 Å². The molecule has 3 aromatic rings. The van der Waals surface area contributed by atoms with Gasteiger partial charge in [0.25, 0.3) is 0 Å². The summed E-state index contributed by atoms with van der Waals surface area (Å²) in [6, 6.07) is 7.97. The van der Waals surface area contributed by atoms with E-state index in [0.717, 1.165) is 5.56 Å². The third-order valence-corrected chi connectivity index (χ3v) is 5.80. The molecule has 1 aliphatic rings. The Kier molecular flexibility index (Phi) is 7.22. The standard InChI is InChI=1S/C23H25ClFN5O3/c1-3-33-14-8-19(26-11-14)23(31)27-10-13-7-15-18(9-20(13)32-2)28-12-29-22(15)30-17-6-4-5-16(24)21(17)25/h4-7,9,12,14,19,26H,3,8,10-11H2,1-2H3,(H,27,31)(H,28,29,30)/t14-,19-/m1/s1. The van der Waals surface area contributed by atoms with Crippen LogP contribution in [0.3, 0.4) is 0 Å². The number of rotatable bonds is 8. The van der Waals surface area contributed by atoms with Crippen molar-refractivity contribution in [3.63, 3.8) is 0 Å². The molecule has 3 N–H and O–H groups in total. The molecular formula is C23H25ClFN5O3. The highest BCUT2D eigenvalue weighted by atomic mass is 35.5. The minimum Gasteiger partial charge on any atom is -0.496 e. The summed E-state index contributed by atoms with van der Waals surface area (Å²) in [5.41, 5.74) is 1.55. The first-order valence-electron chi connectivity index (χ1n) is 10.7. The summed E-state index contributed by atoms with van der Waals surface area (Å²) < 4.78 is 25.5.